The molecule has 5 heteroatoms. The minimum absolute atomic E-state index is 0.266. The molecule has 0 amide bonds. The topological polar surface area (TPSA) is 121 Å². The molecule has 0 radical (unpaired) electrons. The SMILES string of the molecule is C=C(c1ccc2c(c1N)CCC2)C1CC1.CC(c1ccc2c(c1N)CCC2)C1CC1.Nc1c(C(=O)C2CC2)ccc2c1CCC2.Nc1cccc2c1CCC2. The molecule has 1 unspecified atom stereocenters. The van der Waals surface area contributed by atoms with Crippen molar-refractivity contribution in [3.8, 4) is 0 Å². The van der Waals surface area contributed by atoms with Gasteiger partial charge in [0, 0.05) is 39.8 Å². The van der Waals surface area contributed by atoms with Crippen molar-refractivity contribution in [2.45, 2.75) is 128 Å². The molecule has 0 spiro atoms. The van der Waals surface area contributed by atoms with Crippen molar-refractivity contribution in [3.63, 3.8) is 0 Å². The number of Topliss-reactive ketones (excluding diaryl/α,β-unsaturated/α-hetero) is 1. The van der Waals surface area contributed by atoms with Crippen LogP contribution in [0.5, 0.6) is 0 Å². The van der Waals surface area contributed by atoms with E-state index in [-0.39, 0.29) is 11.7 Å². The molecule has 0 saturated heterocycles. The maximum atomic E-state index is 11.9. The van der Waals surface area contributed by atoms with Gasteiger partial charge < -0.3 is 22.9 Å². The number of benzene rings is 4. The summed E-state index contributed by atoms with van der Waals surface area (Å²) in [4.78, 5) is 11.9. The van der Waals surface area contributed by atoms with Crippen LogP contribution in [0.25, 0.3) is 5.57 Å². The van der Waals surface area contributed by atoms with Crippen LogP contribution in [0.1, 0.15) is 143 Å². The monoisotopic (exact) mass is 734 g/mol. The zero-order chi connectivity index (χ0) is 38.2. The summed E-state index contributed by atoms with van der Waals surface area (Å²) in [6, 6.07) is 19.3. The standard InChI is InChI=1S/C14H19N.C14H17N.C13H15NO.C9H11N/c2*1-9(10-5-6-10)12-8-7-11-3-2-4-13(11)14(12)15;14-12-10-3-1-2-8(10)6-7-11(12)13(15)9-4-5-9;10-9-6-2-4-7-3-1-5-8(7)9/h7-10H,2-6,15H2,1H3;7-8,10H,1-6,15H2;6-7,9H,1-5,14H2;2,4,6H,1,3,5,10H2. The Hall–Kier alpha value is -4.51. The lowest BCUT2D eigenvalue weighted by atomic mass is 9.91. The molecule has 0 heterocycles. The molecule has 0 bridgehead atoms. The first-order valence-corrected chi connectivity index (χ1v) is 21.5. The molecule has 8 N–H and O–H groups in total. The number of hydrogen-bond acceptors (Lipinski definition) is 5. The predicted molar refractivity (Wildman–Crippen MR) is 231 cm³/mol. The zero-order valence-corrected chi connectivity index (χ0v) is 33.2. The number of carbonyl (C=O) groups excluding carboxylic acids is 1. The van der Waals surface area contributed by atoms with Gasteiger partial charge in [-0.05, 0) is 201 Å². The maximum Gasteiger partial charge on any atom is 0.168 e. The summed E-state index contributed by atoms with van der Waals surface area (Å²) in [5.41, 5.74) is 44.2. The van der Waals surface area contributed by atoms with Crippen LogP contribution in [0.2, 0.25) is 0 Å². The largest absolute Gasteiger partial charge is 0.398 e. The Morgan fingerprint density at radius 1 is 0.545 bits per heavy atom. The second kappa shape index (κ2) is 15.9. The first-order valence-electron chi connectivity index (χ1n) is 21.5. The molecule has 1 atom stereocenters. The minimum atomic E-state index is 0.266. The highest BCUT2D eigenvalue weighted by Crippen LogP contribution is 2.46. The number of fused-ring (bicyclic) bond motifs is 4. The van der Waals surface area contributed by atoms with E-state index in [1.165, 1.54) is 145 Å². The van der Waals surface area contributed by atoms with Crippen LogP contribution in [0.15, 0.2) is 61.2 Å². The molecule has 3 saturated carbocycles. The smallest absolute Gasteiger partial charge is 0.168 e. The van der Waals surface area contributed by atoms with Gasteiger partial charge in [0.1, 0.15) is 0 Å². The van der Waals surface area contributed by atoms with Crippen LogP contribution in [0.4, 0.5) is 22.7 Å². The van der Waals surface area contributed by atoms with Crippen molar-refractivity contribution in [1.29, 1.82) is 0 Å². The number of allylic oxidation sites excluding steroid dienone is 1. The minimum Gasteiger partial charge on any atom is -0.398 e. The van der Waals surface area contributed by atoms with E-state index in [0.29, 0.717) is 11.8 Å². The first kappa shape index (κ1) is 37.4. The fourth-order valence-electron chi connectivity index (χ4n) is 9.71. The van der Waals surface area contributed by atoms with E-state index < -0.39 is 0 Å². The van der Waals surface area contributed by atoms with Gasteiger partial charge in [0.05, 0.1) is 0 Å². The average molecular weight is 735 g/mol. The lowest BCUT2D eigenvalue weighted by Crippen LogP contribution is -2.08. The number of anilines is 4. The van der Waals surface area contributed by atoms with E-state index in [4.69, 9.17) is 22.9 Å². The van der Waals surface area contributed by atoms with Crippen LogP contribution in [0.3, 0.4) is 0 Å². The number of rotatable bonds is 6. The summed E-state index contributed by atoms with van der Waals surface area (Å²) in [6.45, 7) is 6.53. The fourth-order valence-corrected chi connectivity index (χ4v) is 9.71. The molecule has 7 aliphatic rings. The summed E-state index contributed by atoms with van der Waals surface area (Å²) in [5, 5.41) is 0. The van der Waals surface area contributed by atoms with Gasteiger partial charge in [-0.15, -0.1) is 0 Å². The molecule has 7 aliphatic carbocycles. The van der Waals surface area contributed by atoms with E-state index in [1.54, 1.807) is 0 Å². The first-order chi connectivity index (χ1) is 26.7. The van der Waals surface area contributed by atoms with Crippen LogP contribution in [0, 0.1) is 17.8 Å². The summed E-state index contributed by atoms with van der Waals surface area (Å²) in [6.07, 6.45) is 21.9. The molecule has 11 rings (SSSR count). The third kappa shape index (κ3) is 8.09. The van der Waals surface area contributed by atoms with Crippen LogP contribution in [-0.4, -0.2) is 5.78 Å². The Labute approximate surface area is 329 Å². The van der Waals surface area contributed by atoms with Crippen LogP contribution >= 0.6 is 0 Å². The van der Waals surface area contributed by atoms with E-state index in [0.717, 1.165) is 66.3 Å². The van der Waals surface area contributed by atoms with Gasteiger partial charge in [-0.1, -0.05) is 56.0 Å². The number of nitrogen functional groups attached to an aromatic ring is 4. The maximum absolute atomic E-state index is 11.9. The number of carbonyl (C=O) groups is 1. The average Bonchev–Trinajstić information content (AvgIpc) is 4.17. The number of nitrogens with two attached hydrogens (primary N) is 4. The van der Waals surface area contributed by atoms with Gasteiger partial charge >= 0.3 is 0 Å². The van der Waals surface area contributed by atoms with Gasteiger partial charge in [-0.25, -0.2) is 0 Å². The normalized spacial score (nSPS) is 18.9. The van der Waals surface area contributed by atoms with E-state index >= 15 is 0 Å². The third-order valence-electron chi connectivity index (χ3n) is 13.6. The Morgan fingerprint density at radius 2 is 1.02 bits per heavy atom. The van der Waals surface area contributed by atoms with Gasteiger partial charge in [0.15, 0.2) is 5.78 Å². The number of ketones is 1. The molecule has 0 aliphatic heterocycles. The van der Waals surface area contributed by atoms with Gasteiger partial charge in [0.25, 0.3) is 0 Å². The lowest BCUT2D eigenvalue weighted by molar-refractivity contribution is 0.0968. The van der Waals surface area contributed by atoms with E-state index in [2.05, 4.69) is 49.9 Å². The Balaban J connectivity index is 0.000000105. The summed E-state index contributed by atoms with van der Waals surface area (Å²) < 4.78 is 0. The van der Waals surface area contributed by atoms with Crippen molar-refractivity contribution in [2.75, 3.05) is 22.9 Å². The Kier molecular flexibility index (Phi) is 10.8. The molecule has 3 fully saturated rings. The van der Waals surface area contributed by atoms with Gasteiger partial charge in [-0.3, -0.25) is 4.79 Å². The molecule has 288 valence electrons. The molecular formula is C50H62N4O. The quantitative estimate of drug-likeness (QED) is 0.116. The van der Waals surface area contributed by atoms with Crippen LogP contribution in [-0.2, 0) is 51.4 Å². The number of aryl methyl sites for hydroxylation is 4. The van der Waals surface area contributed by atoms with Crippen LogP contribution < -0.4 is 22.9 Å². The van der Waals surface area contributed by atoms with Crippen molar-refractivity contribution in [3.05, 3.63) is 122 Å². The molecule has 55 heavy (non-hydrogen) atoms. The highest BCUT2D eigenvalue weighted by molar-refractivity contribution is 6.04. The Morgan fingerprint density at radius 3 is 1.55 bits per heavy atom. The summed E-state index contributed by atoms with van der Waals surface area (Å²) in [7, 11) is 0. The Bertz CT molecular complexity index is 2020. The van der Waals surface area contributed by atoms with Gasteiger partial charge in [-0.2, -0.15) is 0 Å². The summed E-state index contributed by atoms with van der Waals surface area (Å²) >= 11 is 0. The molecule has 0 aromatic heterocycles. The number of hydrogen-bond donors (Lipinski definition) is 4. The second-order valence-electron chi connectivity index (χ2n) is 17.5. The summed E-state index contributed by atoms with van der Waals surface area (Å²) in [5.74, 6) is 2.84. The van der Waals surface area contributed by atoms with E-state index in [1.807, 2.05) is 18.2 Å². The van der Waals surface area contributed by atoms with Crippen molar-refractivity contribution < 1.29 is 4.79 Å². The fraction of sp³-hybridized carbons (Fsp3) is 0.460. The zero-order valence-electron chi connectivity index (χ0n) is 33.2. The van der Waals surface area contributed by atoms with Crippen molar-refractivity contribution in [1.82, 2.24) is 0 Å². The predicted octanol–water partition coefficient (Wildman–Crippen LogP) is 10.6. The molecule has 4 aromatic carbocycles. The highest BCUT2D eigenvalue weighted by atomic mass is 16.1. The lowest BCUT2D eigenvalue weighted by Gasteiger charge is -2.16. The van der Waals surface area contributed by atoms with Gasteiger partial charge in [0.2, 0.25) is 0 Å². The van der Waals surface area contributed by atoms with Crippen molar-refractivity contribution in [2.24, 2.45) is 17.8 Å². The second-order valence-corrected chi connectivity index (χ2v) is 17.5. The highest BCUT2D eigenvalue weighted by Gasteiger charge is 2.33. The van der Waals surface area contributed by atoms with Crippen molar-refractivity contribution >= 4 is 34.1 Å². The molecule has 5 nitrogen and oxygen atoms in total. The van der Waals surface area contributed by atoms with E-state index in [9.17, 15) is 4.79 Å². The third-order valence-corrected chi connectivity index (χ3v) is 13.6. The molecule has 4 aromatic rings. The molecular weight excluding hydrogens is 673 g/mol.